The Morgan fingerprint density at radius 1 is 1.92 bits per heavy atom. The van der Waals surface area contributed by atoms with Crippen molar-refractivity contribution in [3.63, 3.8) is 0 Å². The molecular formula is C6H11ClN2O3. The second kappa shape index (κ2) is 3.18. The fraction of sp³-hybridized carbons (Fsp3) is 0.833. The molecule has 12 heavy (non-hydrogen) atoms. The maximum atomic E-state index is 10.7. The zero-order valence-electron chi connectivity index (χ0n) is 6.66. The fourth-order valence-corrected chi connectivity index (χ4v) is 1.28. The van der Waals surface area contributed by atoms with E-state index in [4.69, 9.17) is 22.1 Å². The smallest absolute Gasteiger partial charge is 0.253 e. The second-order valence-electron chi connectivity index (χ2n) is 2.69. The number of aliphatic hydroxyl groups is 1. The molecule has 1 heterocycles. The van der Waals surface area contributed by atoms with Crippen molar-refractivity contribution in [2.45, 2.75) is 11.3 Å². The van der Waals surface area contributed by atoms with Gasteiger partial charge in [0.15, 0.2) is 5.38 Å². The number of nitrogens with two attached hydrogens (primary N) is 1. The summed E-state index contributed by atoms with van der Waals surface area (Å²) in [6, 6.07) is 0. The van der Waals surface area contributed by atoms with Gasteiger partial charge < -0.3 is 15.6 Å². The summed E-state index contributed by atoms with van der Waals surface area (Å²) in [5.41, 5.74) is 4.93. The third-order valence-electron chi connectivity index (χ3n) is 1.87. The van der Waals surface area contributed by atoms with E-state index in [1.54, 1.807) is 7.05 Å². The number of likely N-dealkylation sites (N-methyl/N-ethyl adjacent to an activating group) is 1. The van der Waals surface area contributed by atoms with Gasteiger partial charge in [-0.25, -0.2) is 0 Å². The number of carbonyl (C=O) groups excluding carboxylic acids is 1. The van der Waals surface area contributed by atoms with Crippen LogP contribution in [0.15, 0.2) is 0 Å². The van der Waals surface area contributed by atoms with E-state index in [1.165, 1.54) is 4.90 Å². The quantitative estimate of drug-likeness (QED) is 0.535. The Labute approximate surface area is 75.0 Å². The molecule has 1 fully saturated rings. The maximum absolute atomic E-state index is 10.7. The number of amides is 1. The first kappa shape index (κ1) is 9.73. The lowest BCUT2D eigenvalue weighted by Gasteiger charge is -2.30. The van der Waals surface area contributed by atoms with Crippen molar-refractivity contribution >= 4 is 17.5 Å². The van der Waals surface area contributed by atoms with Gasteiger partial charge in [0.05, 0.1) is 6.61 Å². The van der Waals surface area contributed by atoms with Gasteiger partial charge in [0.25, 0.3) is 5.91 Å². The average Bonchev–Trinajstić information content (AvgIpc) is 2.32. The molecule has 0 aromatic heterocycles. The number of nitrogens with zero attached hydrogens (tertiary/aromatic N) is 1. The zero-order valence-corrected chi connectivity index (χ0v) is 7.41. The maximum Gasteiger partial charge on any atom is 0.253 e. The van der Waals surface area contributed by atoms with Crippen molar-refractivity contribution in [1.82, 2.24) is 4.90 Å². The van der Waals surface area contributed by atoms with Crippen LogP contribution >= 0.6 is 11.6 Å². The van der Waals surface area contributed by atoms with E-state index in [-0.39, 0.29) is 0 Å². The average molecular weight is 195 g/mol. The van der Waals surface area contributed by atoms with Crippen LogP contribution in [0.1, 0.15) is 0 Å². The largest absolute Gasteiger partial charge is 0.368 e. The van der Waals surface area contributed by atoms with E-state index >= 15 is 0 Å². The van der Waals surface area contributed by atoms with Gasteiger partial charge in [-0.05, 0) is 7.05 Å². The normalized spacial score (nSPS) is 33.6. The second-order valence-corrected chi connectivity index (χ2v) is 3.13. The van der Waals surface area contributed by atoms with Crippen molar-refractivity contribution in [2.75, 3.05) is 20.2 Å². The van der Waals surface area contributed by atoms with Crippen LogP contribution in [0.2, 0.25) is 0 Å². The van der Waals surface area contributed by atoms with Crippen LogP contribution in [0.4, 0.5) is 0 Å². The van der Waals surface area contributed by atoms with E-state index in [0.29, 0.717) is 13.2 Å². The molecule has 1 aliphatic rings. The van der Waals surface area contributed by atoms with E-state index < -0.39 is 17.2 Å². The van der Waals surface area contributed by atoms with Crippen LogP contribution in [-0.2, 0) is 9.53 Å². The summed E-state index contributed by atoms with van der Waals surface area (Å²) >= 11 is 5.57. The minimum atomic E-state index is -1.74. The molecule has 70 valence electrons. The summed E-state index contributed by atoms with van der Waals surface area (Å²) in [6.07, 6.45) is 0. The van der Waals surface area contributed by atoms with Crippen molar-refractivity contribution < 1.29 is 14.6 Å². The van der Waals surface area contributed by atoms with E-state index in [2.05, 4.69) is 0 Å². The van der Waals surface area contributed by atoms with Crippen LogP contribution in [0.3, 0.4) is 0 Å². The van der Waals surface area contributed by atoms with Gasteiger partial charge in [0, 0.05) is 6.54 Å². The molecule has 0 radical (unpaired) electrons. The Balaban J connectivity index is 2.76. The SMILES string of the molecule is CN1CCOC1(O)C(Cl)C(N)=O. The molecule has 1 rings (SSSR count). The molecular weight excluding hydrogens is 184 g/mol. The highest BCUT2D eigenvalue weighted by Gasteiger charge is 2.47. The predicted octanol–water partition coefficient (Wildman–Crippen LogP) is -1.31. The summed E-state index contributed by atoms with van der Waals surface area (Å²) in [5.74, 6) is -2.54. The van der Waals surface area contributed by atoms with Crippen LogP contribution in [-0.4, -0.2) is 47.4 Å². The Hall–Kier alpha value is -0.360. The minimum Gasteiger partial charge on any atom is -0.368 e. The number of alkyl halides is 1. The van der Waals surface area contributed by atoms with Crippen LogP contribution in [0, 0.1) is 0 Å². The fourth-order valence-electron chi connectivity index (χ4n) is 1.06. The monoisotopic (exact) mass is 194 g/mol. The number of hydrogen-bond donors (Lipinski definition) is 2. The minimum absolute atomic E-state index is 0.337. The van der Waals surface area contributed by atoms with Gasteiger partial charge in [-0.1, -0.05) is 0 Å². The molecule has 0 spiro atoms. The third kappa shape index (κ3) is 1.40. The summed E-state index contributed by atoms with van der Waals surface area (Å²) in [5, 5.41) is 8.42. The Kier molecular flexibility index (Phi) is 2.58. The molecule has 1 saturated heterocycles. The molecule has 3 N–H and O–H groups in total. The van der Waals surface area contributed by atoms with Crippen molar-refractivity contribution in [2.24, 2.45) is 5.73 Å². The molecule has 0 aliphatic carbocycles. The zero-order chi connectivity index (χ0) is 9.35. The highest BCUT2D eigenvalue weighted by atomic mass is 35.5. The van der Waals surface area contributed by atoms with E-state index in [9.17, 15) is 9.90 Å². The Morgan fingerprint density at radius 2 is 2.50 bits per heavy atom. The van der Waals surface area contributed by atoms with Crippen molar-refractivity contribution in [3.05, 3.63) is 0 Å². The van der Waals surface area contributed by atoms with Gasteiger partial charge in [0.1, 0.15) is 0 Å². The van der Waals surface area contributed by atoms with Crippen molar-refractivity contribution in [1.29, 1.82) is 0 Å². The number of hydrogen-bond acceptors (Lipinski definition) is 4. The van der Waals surface area contributed by atoms with Gasteiger partial charge in [-0.15, -0.1) is 11.6 Å². The van der Waals surface area contributed by atoms with E-state index in [1.807, 2.05) is 0 Å². The molecule has 5 nitrogen and oxygen atoms in total. The van der Waals surface area contributed by atoms with Gasteiger partial charge in [-0.3, -0.25) is 9.69 Å². The topological polar surface area (TPSA) is 75.8 Å². The predicted molar refractivity (Wildman–Crippen MR) is 42.4 cm³/mol. The summed E-state index contributed by atoms with van der Waals surface area (Å²) in [7, 11) is 1.60. The van der Waals surface area contributed by atoms with Crippen LogP contribution < -0.4 is 5.73 Å². The summed E-state index contributed by atoms with van der Waals surface area (Å²) < 4.78 is 4.92. The molecule has 2 unspecified atom stereocenters. The first-order valence-electron chi connectivity index (χ1n) is 3.49. The first-order chi connectivity index (χ1) is 5.48. The molecule has 2 atom stereocenters. The third-order valence-corrected chi connectivity index (χ3v) is 2.37. The molecule has 0 aromatic carbocycles. The Morgan fingerprint density at radius 3 is 2.83 bits per heavy atom. The number of rotatable bonds is 2. The molecule has 0 bridgehead atoms. The number of halogens is 1. The highest BCUT2D eigenvalue weighted by Crippen LogP contribution is 2.25. The van der Waals surface area contributed by atoms with Gasteiger partial charge in [-0.2, -0.15) is 0 Å². The highest BCUT2D eigenvalue weighted by molar-refractivity contribution is 6.31. The lowest BCUT2D eigenvalue weighted by Crippen LogP contribution is -2.54. The number of ether oxygens (including phenoxy) is 1. The number of primary amides is 1. The lowest BCUT2D eigenvalue weighted by atomic mass is 10.3. The van der Waals surface area contributed by atoms with E-state index in [0.717, 1.165) is 0 Å². The van der Waals surface area contributed by atoms with Crippen LogP contribution in [0.25, 0.3) is 0 Å². The van der Waals surface area contributed by atoms with Crippen molar-refractivity contribution in [3.8, 4) is 0 Å². The molecule has 0 saturated carbocycles. The standard InChI is InChI=1S/C6H11ClN2O3/c1-9-2-3-12-6(9,11)4(7)5(8)10/h4,11H,2-3H2,1H3,(H2,8,10). The van der Waals surface area contributed by atoms with Crippen LogP contribution in [0.5, 0.6) is 0 Å². The summed E-state index contributed by atoms with van der Waals surface area (Å²) in [4.78, 5) is 12.1. The molecule has 6 heteroatoms. The lowest BCUT2D eigenvalue weighted by molar-refractivity contribution is -0.235. The Bertz CT molecular complexity index is 201. The van der Waals surface area contributed by atoms with Gasteiger partial charge in [0.2, 0.25) is 5.91 Å². The summed E-state index contributed by atoms with van der Waals surface area (Å²) in [6.45, 7) is 0.858. The number of carbonyl (C=O) groups is 1. The molecule has 0 aromatic rings. The van der Waals surface area contributed by atoms with Gasteiger partial charge >= 0.3 is 0 Å². The molecule has 1 amide bonds. The first-order valence-corrected chi connectivity index (χ1v) is 3.93. The molecule has 1 aliphatic heterocycles.